The summed E-state index contributed by atoms with van der Waals surface area (Å²) in [5, 5.41) is 0.687. The Morgan fingerprint density at radius 2 is 1.60 bits per heavy atom. The molecule has 5 heteroatoms. The van der Waals surface area contributed by atoms with Gasteiger partial charge in [0.25, 0.3) is 0 Å². The zero-order valence-electron chi connectivity index (χ0n) is 13.2. The Hall–Kier alpha value is -3.11. The van der Waals surface area contributed by atoms with Crippen LogP contribution in [-0.2, 0) is 0 Å². The number of hydrogen-bond acceptors (Lipinski definition) is 3. The molecule has 0 spiro atoms. The number of pyridine rings is 1. The van der Waals surface area contributed by atoms with Crippen molar-refractivity contribution >= 4 is 28.7 Å². The number of halogens is 1. The van der Waals surface area contributed by atoms with Crippen molar-refractivity contribution in [2.24, 2.45) is 0 Å². The molecule has 0 saturated carbocycles. The van der Waals surface area contributed by atoms with Crippen LogP contribution in [-0.4, -0.2) is 15.2 Å². The molecular weight excluding hydrogens is 334 g/mol. The number of carbonyl (C=O) groups excluding carboxylic acids is 1. The van der Waals surface area contributed by atoms with Crippen molar-refractivity contribution in [3.63, 3.8) is 0 Å². The number of carbonyl (C=O) groups is 1. The largest absolute Gasteiger partial charge is 0.399 e. The van der Waals surface area contributed by atoms with Crippen molar-refractivity contribution in [1.29, 1.82) is 0 Å². The monoisotopic (exact) mass is 347 g/mol. The van der Waals surface area contributed by atoms with Gasteiger partial charge in [0, 0.05) is 22.5 Å². The second-order valence-corrected chi connectivity index (χ2v) is 6.18. The molecule has 2 N–H and O–H groups in total. The highest BCUT2D eigenvalue weighted by molar-refractivity contribution is 6.30. The molecule has 2 aromatic carbocycles. The van der Waals surface area contributed by atoms with Crippen LogP contribution >= 0.6 is 11.6 Å². The van der Waals surface area contributed by atoms with Crippen LogP contribution in [0.15, 0.2) is 73.1 Å². The maximum atomic E-state index is 12.8. The van der Waals surface area contributed by atoms with E-state index in [0.717, 1.165) is 16.8 Å². The first-order valence-electron chi connectivity index (χ1n) is 7.75. The number of hydrogen-bond donors (Lipinski definition) is 1. The van der Waals surface area contributed by atoms with E-state index < -0.39 is 0 Å². The fraction of sp³-hybridized carbons (Fsp3) is 0. The third-order valence-corrected chi connectivity index (χ3v) is 4.34. The number of ketones is 1. The van der Waals surface area contributed by atoms with Crippen molar-refractivity contribution in [3.05, 3.63) is 89.3 Å². The van der Waals surface area contributed by atoms with E-state index in [0.29, 0.717) is 22.0 Å². The SMILES string of the molecule is Nc1ccc(C(=O)c2cnc3ccc(-c4ccc(Cl)cc4)cn23)cc1. The summed E-state index contributed by atoms with van der Waals surface area (Å²) in [5.74, 6) is -0.0965. The van der Waals surface area contributed by atoms with E-state index in [2.05, 4.69) is 4.98 Å². The molecule has 0 fully saturated rings. The van der Waals surface area contributed by atoms with Gasteiger partial charge < -0.3 is 5.73 Å². The van der Waals surface area contributed by atoms with E-state index in [9.17, 15) is 4.79 Å². The summed E-state index contributed by atoms with van der Waals surface area (Å²) in [5.41, 5.74) is 10.1. The van der Waals surface area contributed by atoms with Crippen molar-refractivity contribution in [1.82, 2.24) is 9.38 Å². The van der Waals surface area contributed by atoms with Crippen LogP contribution in [0.4, 0.5) is 5.69 Å². The summed E-state index contributed by atoms with van der Waals surface area (Å²) >= 11 is 5.95. The van der Waals surface area contributed by atoms with Gasteiger partial charge in [-0.05, 0) is 59.7 Å². The number of nitrogen functional groups attached to an aromatic ring is 1. The average molecular weight is 348 g/mol. The Labute approximate surface area is 149 Å². The van der Waals surface area contributed by atoms with Crippen LogP contribution in [0.1, 0.15) is 16.1 Å². The van der Waals surface area contributed by atoms with Crippen LogP contribution < -0.4 is 5.73 Å². The van der Waals surface area contributed by atoms with Gasteiger partial charge in [0.15, 0.2) is 0 Å². The first kappa shape index (κ1) is 15.4. The Morgan fingerprint density at radius 3 is 2.32 bits per heavy atom. The Bertz CT molecular complexity index is 1070. The van der Waals surface area contributed by atoms with Crippen LogP contribution in [0.2, 0.25) is 5.02 Å². The minimum Gasteiger partial charge on any atom is -0.399 e. The van der Waals surface area contributed by atoms with Crippen molar-refractivity contribution in [2.75, 3.05) is 5.73 Å². The molecule has 0 saturated heterocycles. The summed E-state index contributed by atoms with van der Waals surface area (Å²) in [6.07, 6.45) is 3.51. The number of nitrogens with two attached hydrogens (primary N) is 1. The van der Waals surface area contributed by atoms with E-state index in [4.69, 9.17) is 17.3 Å². The highest BCUT2D eigenvalue weighted by Crippen LogP contribution is 2.23. The number of imidazole rings is 1. The topological polar surface area (TPSA) is 60.4 Å². The van der Waals surface area contributed by atoms with Gasteiger partial charge in [-0.2, -0.15) is 0 Å². The molecule has 2 heterocycles. The molecule has 4 nitrogen and oxygen atoms in total. The number of rotatable bonds is 3. The molecule has 0 amide bonds. The Morgan fingerprint density at radius 1 is 0.920 bits per heavy atom. The van der Waals surface area contributed by atoms with Gasteiger partial charge >= 0.3 is 0 Å². The predicted molar refractivity (Wildman–Crippen MR) is 99.9 cm³/mol. The predicted octanol–water partition coefficient (Wildman–Crippen LogP) is 4.47. The molecule has 0 bridgehead atoms. The van der Waals surface area contributed by atoms with Gasteiger partial charge in [-0.1, -0.05) is 23.7 Å². The van der Waals surface area contributed by atoms with Gasteiger partial charge in [0.2, 0.25) is 5.78 Å². The number of nitrogens with zero attached hydrogens (tertiary/aromatic N) is 2. The number of aromatic nitrogens is 2. The number of benzene rings is 2. The minimum absolute atomic E-state index is 0.0965. The fourth-order valence-electron chi connectivity index (χ4n) is 2.74. The third-order valence-electron chi connectivity index (χ3n) is 4.09. The molecule has 4 rings (SSSR count). The summed E-state index contributed by atoms with van der Waals surface area (Å²) in [6, 6.07) is 18.3. The van der Waals surface area contributed by atoms with E-state index in [1.165, 1.54) is 0 Å². The molecule has 0 aliphatic carbocycles. The molecule has 0 atom stereocenters. The van der Waals surface area contributed by atoms with Crippen molar-refractivity contribution in [2.45, 2.75) is 0 Å². The summed E-state index contributed by atoms with van der Waals surface area (Å²) < 4.78 is 1.81. The van der Waals surface area contributed by atoms with Gasteiger partial charge in [-0.15, -0.1) is 0 Å². The average Bonchev–Trinajstić information content (AvgIpc) is 3.05. The first-order valence-corrected chi connectivity index (χ1v) is 8.13. The Balaban J connectivity index is 1.79. The summed E-state index contributed by atoms with van der Waals surface area (Å²) in [4.78, 5) is 17.1. The van der Waals surface area contributed by atoms with Crippen LogP contribution in [0.5, 0.6) is 0 Å². The lowest BCUT2D eigenvalue weighted by atomic mass is 10.1. The van der Waals surface area contributed by atoms with Crippen molar-refractivity contribution < 1.29 is 4.79 Å². The standard InChI is InChI=1S/C20H14ClN3O/c21-16-6-1-13(2-7-16)15-5-10-19-23-11-18(24(19)12-15)20(25)14-3-8-17(22)9-4-14/h1-12H,22H2. The van der Waals surface area contributed by atoms with Gasteiger partial charge in [0.05, 0.1) is 6.20 Å². The van der Waals surface area contributed by atoms with Crippen LogP contribution in [0.25, 0.3) is 16.8 Å². The smallest absolute Gasteiger partial charge is 0.211 e. The van der Waals surface area contributed by atoms with Gasteiger partial charge in [-0.25, -0.2) is 4.98 Å². The molecule has 0 aliphatic rings. The molecule has 2 aromatic heterocycles. The maximum absolute atomic E-state index is 12.8. The molecule has 0 aliphatic heterocycles. The molecule has 0 radical (unpaired) electrons. The lowest BCUT2D eigenvalue weighted by Crippen LogP contribution is -2.05. The zero-order valence-corrected chi connectivity index (χ0v) is 13.9. The second-order valence-electron chi connectivity index (χ2n) is 5.75. The van der Waals surface area contributed by atoms with Crippen LogP contribution in [0, 0.1) is 0 Å². The Kier molecular flexibility index (Phi) is 3.75. The van der Waals surface area contributed by atoms with Gasteiger partial charge in [-0.3, -0.25) is 9.20 Å². The van der Waals surface area contributed by atoms with E-state index >= 15 is 0 Å². The van der Waals surface area contributed by atoms with Crippen molar-refractivity contribution in [3.8, 4) is 11.1 Å². The number of anilines is 1. The quantitative estimate of drug-likeness (QED) is 0.439. The molecule has 0 unspecified atom stereocenters. The summed E-state index contributed by atoms with van der Waals surface area (Å²) in [6.45, 7) is 0. The third kappa shape index (κ3) is 2.88. The molecule has 4 aromatic rings. The molecule has 25 heavy (non-hydrogen) atoms. The van der Waals surface area contributed by atoms with E-state index in [-0.39, 0.29) is 5.78 Å². The minimum atomic E-state index is -0.0965. The maximum Gasteiger partial charge on any atom is 0.211 e. The first-order chi connectivity index (χ1) is 12.1. The second kappa shape index (κ2) is 6.07. The highest BCUT2D eigenvalue weighted by atomic mass is 35.5. The van der Waals surface area contributed by atoms with Gasteiger partial charge in [0.1, 0.15) is 11.3 Å². The lowest BCUT2D eigenvalue weighted by Gasteiger charge is -2.06. The molecule has 122 valence electrons. The number of fused-ring (bicyclic) bond motifs is 1. The fourth-order valence-corrected chi connectivity index (χ4v) is 2.87. The lowest BCUT2D eigenvalue weighted by molar-refractivity contribution is 0.103. The highest BCUT2D eigenvalue weighted by Gasteiger charge is 2.15. The van der Waals surface area contributed by atoms with E-state index in [1.54, 1.807) is 30.5 Å². The van der Waals surface area contributed by atoms with Crippen LogP contribution in [0.3, 0.4) is 0 Å². The zero-order chi connectivity index (χ0) is 17.4. The normalized spacial score (nSPS) is 10.9. The molecular formula is C20H14ClN3O. The van der Waals surface area contributed by atoms with E-state index in [1.807, 2.05) is 47.0 Å². The summed E-state index contributed by atoms with van der Waals surface area (Å²) in [7, 11) is 0.